The standard InChI is InChI=1S/C19H20ClNO3/c1-3-23-17-9-14-13(12-7-5-6-8-15(12)20)10-19(22)21-16(14)11-18(17)24-4-2/h5-9,11,13H,3-4,10H2,1-2H3,(H,21,22)/t13-/m0/s1. The third-order valence-electron chi connectivity index (χ3n) is 4.04. The van der Waals surface area contributed by atoms with Crippen LogP contribution < -0.4 is 14.8 Å². The lowest BCUT2D eigenvalue weighted by molar-refractivity contribution is -0.116. The van der Waals surface area contributed by atoms with E-state index in [1.54, 1.807) is 0 Å². The lowest BCUT2D eigenvalue weighted by Gasteiger charge is -2.28. The van der Waals surface area contributed by atoms with Gasteiger partial charge in [0.25, 0.3) is 0 Å². The maximum absolute atomic E-state index is 12.2. The number of fused-ring (bicyclic) bond motifs is 1. The van der Waals surface area contributed by atoms with E-state index >= 15 is 0 Å². The van der Waals surface area contributed by atoms with E-state index in [9.17, 15) is 4.79 Å². The molecule has 0 unspecified atom stereocenters. The van der Waals surface area contributed by atoms with E-state index in [1.165, 1.54) is 0 Å². The van der Waals surface area contributed by atoms with Crippen LogP contribution in [0.3, 0.4) is 0 Å². The SMILES string of the molecule is CCOc1cc2c(cc1OCC)[C@H](c1ccccc1Cl)CC(=O)N2. The molecule has 0 fully saturated rings. The number of hydrogen-bond donors (Lipinski definition) is 1. The number of rotatable bonds is 5. The van der Waals surface area contributed by atoms with Crippen molar-refractivity contribution in [3.8, 4) is 11.5 Å². The molecule has 1 N–H and O–H groups in total. The van der Waals surface area contributed by atoms with Crippen LogP contribution in [-0.2, 0) is 4.79 Å². The molecule has 4 nitrogen and oxygen atoms in total. The van der Waals surface area contributed by atoms with Crippen molar-refractivity contribution >= 4 is 23.2 Å². The fourth-order valence-electron chi connectivity index (χ4n) is 3.04. The molecule has 5 heteroatoms. The lowest BCUT2D eigenvalue weighted by atomic mass is 9.84. The second kappa shape index (κ2) is 7.14. The van der Waals surface area contributed by atoms with Crippen molar-refractivity contribution in [3.63, 3.8) is 0 Å². The van der Waals surface area contributed by atoms with E-state index in [4.69, 9.17) is 21.1 Å². The summed E-state index contributed by atoms with van der Waals surface area (Å²) in [5.41, 5.74) is 2.69. The number of nitrogens with one attached hydrogen (secondary N) is 1. The summed E-state index contributed by atoms with van der Waals surface area (Å²) >= 11 is 6.37. The van der Waals surface area contributed by atoms with Gasteiger partial charge in [0.15, 0.2) is 11.5 Å². The first kappa shape index (κ1) is 16.7. The molecule has 1 amide bonds. The van der Waals surface area contributed by atoms with Crippen molar-refractivity contribution in [1.82, 2.24) is 0 Å². The predicted octanol–water partition coefficient (Wildman–Crippen LogP) is 4.61. The number of ether oxygens (including phenoxy) is 2. The molecule has 1 heterocycles. The zero-order chi connectivity index (χ0) is 17.1. The Labute approximate surface area is 146 Å². The molecule has 1 aliphatic heterocycles. The van der Waals surface area contributed by atoms with Gasteiger partial charge in [-0.25, -0.2) is 0 Å². The summed E-state index contributed by atoms with van der Waals surface area (Å²) < 4.78 is 11.4. The molecule has 0 saturated heterocycles. The minimum Gasteiger partial charge on any atom is -0.490 e. The molecule has 126 valence electrons. The second-order valence-electron chi connectivity index (χ2n) is 5.58. The van der Waals surface area contributed by atoms with Crippen LogP contribution in [0.4, 0.5) is 5.69 Å². The number of amides is 1. The number of carbonyl (C=O) groups is 1. The molecular weight excluding hydrogens is 326 g/mol. The number of hydrogen-bond acceptors (Lipinski definition) is 3. The van der Waals surface area contributed by atoms with Crippen molar-refractivity contribution in [2.75, 3.05) is 18.5 Å². The zero-order valence-electron chi connectivity index (χ0n) is 13.8. The fourth-order valence-corrected chi connectivity index (χ4v) is 3.31. The molecular formula is C19H20ClNO3. The van der Waals surface area contributed by atoms with Gasteiger partial charge in [-0.1, -0.05) is 29.8 Å². The van der Waals surface area contributed by atoms with Gasteiger partial charge in [-0.2, -0.15) is 0 Å². The fraction of sp³-hybridized carbons (Fsp3) is 0.316. The normalized spacial score (nSPS) is 16.3. The highest BCUT2D eigenvalue weighted by atomic mass is 35.5. The van der Waals surface area contributed by atoms with Crippen LogP contribution in [0.25, 0.3) is 0 Å². The maximum atomic E-state index is 12.2. The second-order valence-corrected chi connectivity index (χ2v) is 5.99. The van der Waals surface area contributed by atoms with Gasteiger partial charge in [0.2, 0.25) is 5.91 Å². The third-order valence-corrected chi connectivity index (χ3v) is 4.38. The Kier molecular flexibility index (Phi) is 4.95. The molecule has 2 aromatic carbocycles. The van der Waals surface area contributed by atoms with Crippen molar-refractivity contribution < 1.29 is 14.3 Å². The van der Waals surface area contributed by atoms with Crippen LogP contribution in [0.5, 0.6) is 11.5 Å². The van der Waals surface area contributed by atoms with Crippen molar-refractivity contribution in [1.29, 1.82) is 0 Å². The summed E-state index contributed by atoms with van der Waals surface area (Å²) in [5.74, 6) is 1.20. The summed E-state index contributed by atoms with van der Waals surface area (Å²) in [7, 11) is 0. The van der Waals surface area contributed by atoms with Crippen LogP contribution in [0.15, 0.2) is 36.4 Å². The maximum Gasteiger partial charge on any atom is 0.225 e. The first-order valence-electron chi connectivity index (χ1n) is 8.11. The van der Waals surface area contributed by atoms with Gasteiger partial charge in [0.1, 0.15) is 0 Å². The van der Waals surface area contributed by atoms with E-state index < -0.39 is 0 Å². The third kappa shape index (κ3) is 3.20. The average Bonchev–Trinajstić information content (AvgIpc) is 2.56. The summed E-state index contributed by atoms with van der Waals surface area (Å²) in [6.07, 6.45) is 0.357. The Hall–Kier alpha value is -2.20. The topological polar surface area (TPSA) is 47.6 Å². The summed E-state index contributed by atoms with van der Waals surface area (Å²) in [5, 5.41) is 3.59. The number of anilines is 1. The number of carbonyl (C=O) groups excluding carboxylic acids is 1. The molecule has 2 aromatic rings. The summed E-state index contributed by atoms with van der Waals surface area (Å²) in [6, 6.07) is 11.4. The van der Waals surface area contributed by atoms with Crippen molar-refractivity contribution in [3.05, 3.63) is 52.5 Å². The highest BCUT2D eigenvalue weighted by molar-refractivity contribution is 6.31. The Morgan fingerprint density at radius 3 is 2.42 bits per heavy atom. The first-order chi connectivity index (χ1) is 11.6. The van der Waals surface area contributed by atoms with E-state index in [1.807, 2.05) is 50.2 Å². The number of benzene rings is 2. The van der Waals surface area contributed by atoms with Gasteiger partial charge < -0.3 is 14.8 Å². The molecule has 0 spiro atoms. The average molecular weight is 346 g/mol. The summed E-state index contributed by atoms with van der Waals surface area (Å²) in [6.45, 7) is 4.92. The Balaban J connectivity index is 2.12. The molecule has 0 radical (unpaired) electrons. The van der Waals surface area contributed by atoms with Gasteiger partial charge in [-0.05, 0) is 37.1 Å². The molecule has 0 aromatic heterocycles. The molecule has 0 aliphatic carbocycles. The highest BCUT2D eigenvalue weighted by Gasteiger charge is 2.29. The quantitative estimate of drug-likeness (QED) is 0.860. The van der Waals surface area contributed by atoms with Gasteiger partial charge in [-0.15, -0.1) is 0 Å². The minimum absolute atomic E-state index is 0.0287. The van der Waals surface area contributed by atoms with E-state index in [0.717, 1.165) is 16.8 Å². The van der Waals surface area contributed by atoms with Crippen LogP contribution in [0.2, 0.25) is 5.02 Å². The molecule has 1 atom stereocenters. The van der Waals surface area contributed by atoms with E-state index in [-0.39, 0.29) is 11.8 Å². The van der Waals surface area contributed by atoms with Gasteiger partial charge in [0, 0.05) is 29.1 Å². The van der Waals surface area contributed by atoms with Gasteiger partial charge in [0.05, 0.1) is 13.2 Å². The van der Waals surface area contributed by atoms with E-state index in [2.05, 4.69) is 5.32 Å². The molecule has 1 aliphatic rings. The number of halogens is 1. The largest absolute Gasteiger partial charge is 0.490 e. The van der Waals surface area contributed by atoms with E-state index in [0.29, 0.717) is 36.2 Å². The van der Waals surface area contributed by atoms with Crippen LogP contribution in [0.1, 0.15) is 37.3 Å². The predicted molar refractivity (Wildman–Crippen MR) is 95.3 cm³/mol. The van der Waals surface area contributed by atoms with Crippen molar-refractivity contribution in [2.45, 2.75) is 26.2 Å². The Morgan fingerprint density at radius 2 is 1.75 bits per heavy atom. The van der Waals surface area contributed by atoms with Gasteiger partial charge >= 0.3 is 0 Å². The molecule has 0 bridgehead atoms. The lowest BCUT2D eigenvalue weighted by Crippen LogP contribution is -2.24. The van der Waals surface area contributed by atoms with Gasteiger partial charge in [-0.3, -0.25) is 4.79 Å². The zero-order valence-corrected chi connectivity index (χ0v) is 14.5. The Morgan fingerprint density at radius 1 is 1.08 bits per heavy atom. The molecule has 24 heavy (non-hydrogen) atoms. The monoisotopic (exact) mass is 345 g/mol. The van der Waals surface area contributed by atoms with Crippen molar-refractivity contribution in [2.24, 2.45) is 0 Å². The first-order valence-corrected chi connectivity index (χ1v) is 8.49. The summed E-state index contributed by atoms with van der Waals surface area (Å²) in [4.78, 5) is 12.2. The van der Waals surface area contributed by atoms with Crippen LogP contribution >= 0.6 is 11.6 Å². The van der Waals surface area contributed by atoms with Crippen LogP contribution in [-0.4, -0.2) is 19.1 Å². The smallest absolute Gasteiger partial charge is 0.225 e. The molecule has 3 rings (SSSR count). The molecule has 0 saturated carbocycles. The minimum atomic E-state index is -0.0997. The highest BCUT2D eigenvalue weighted by Crippen LogP contribution is 2.44. The van der Waals surface area contributed by atoms with Crippen LogP contribution in [0, 0.1) is 0 Å². The Bertz CT molecular complexity index is 760.